The Balaban J connectivity index is 2.46. The monoisotopic (exact) mass is 354 g/mol. The van der Waals surface area contributed by atoms with Crippen LogP contribution in [0, 0.1) is 0 Å². The number of rotatable bonds is 4. The van der Waals surface area contributed by atoms with Crippen molar-refractivity contribution in [2.24, 2.45) is 0 Å². The predicted molar refractivity (Wildman–Crippen MR) is 81.6 cm³/mol. The molecule has 0 aliphatic carbocycles. The second kappa shape index (κ2) is 5.89. The van der Waals surface area contributed by atoms with Crippen LogP contribution in [0.3, 0.4) is 0 Å². The van der Waals surface area contributed by atoms with Crippen LogP contribution in [0.2, 0.25) is 5.02 Å². The number of hydrogen-bond donors (Lipinski definition) is 2. The fraction of sp³-hybridized carbons (Fsp3) is 0.600. The zero-order valence-electron chi connectivity index (χ0n) is 12.3. The van der Waals surface area contributed by atoms with Gasteiger partial charge in [0, 0.05) is 15.7 Å². The third kappa shape index (κ3) is 3.11. The SMILES string of the molecule is CC(C)(C[C@](O)(CO)C(F)(F)F)c1c(Cl)ccc2c1SCC2. The van der Waals surface area contributed by atoms with Gasteiger partial charge >= 0.3 is 6.18 Å². The van der Waals surface area contributed by atoms with E-state index in [0.29, 0.717) is 10.6 Å². The third-order valence-corrected chi connectivity index (χ3v) is 5.48. The molecular weight excluding hydrogens is 337 g/mol. The van der Waals surface area contributed by atoms with Crippen molar-refractivity contribution in [1.82, 2.24) is 0 Å². The molecule has 1 atom stereocenters. The Morgan fingerprint density at radius 2 is 1.91 bits per heavy atom. The molecule has 0 bridgehead atoms. The van der Waals surface area contributed by atoms with E-state index in [4.69, 9.17) is 16.7 Å². The lowest BCUT2D eigenvalue weighted by molar-refractivity contribution is -0.277. The van der Waals surface area contributed by atoms with Crippen LogP contribution in [0.5, 0.6) is 0 Å². The van der Waals surface area contributed by atoms with E-state index in [1.807, 2.05) is 6.07 Å². The molecule has 7 heteroatoms. The van der Waals surface area contributed by atoms with E-state index >= 15 is 0 Å². The zero-order chi connectivity index (χ0) is 16.8. The topological polar surface area (TPSA) is 40.5 Å². The quantitative estimate of drug-likeness (QED) is 0.860. The number of fused-ring (bicyclic) bond motifs is 1. The molecule has 2 N–H and O–H groups in total. The second-order valence-corrected chi connectivity index (χ2v) is 7.77. The summed E-state index contributed by atoms with van der Waals surface area (Å²) in [6, 6.07) is 3.58. The van der Waals surface area contributed by atoms with Gasteiger partial charge in [-0.3, -0.25) is 0 Å². The minimum Gasteiger partial charge on any atom is -0.393 e. The summed E-state index contributed by atoms with van der Waals surface area (Å²) < 4.78 is 39.2. The minimum atomic E-state index is -4.91. The molecule has 0 fully saturated rings. The fourth-order valence-corrected chi connectivity index (χ4v) is 4.80. The number of thioether (sulfide) groups is 1. The van der Waals surface area contributed by atoms with E-state index in [1.54, 1.807) is 31.7 Å². The molecule has 0 aromatic heterocycles. The summed E-state index contributed by atoms with van der Waals surface area (Å²) in [5.74, 6) is 0.863. The Kier molecular flexibility index (Phi) is 4.80. The van der Waals surface area contributed by atoms with Crippen molar-refractivity contribution in [3.05, 3.63) is 28.3 Å². The third-order valence-electron chi connectivity index (χ3n) is 4.01. The lowest BCUT2D eigenvalue weighted by atomic mass is 9.74. The molecule has 1 aromatic rings. The molecule has 0 unspecified atom stereocenters. The molecule has 0 saturated carbocycles. The maximum absolute atomic E-state index is 13.1. The van der Waals surface area contributed by atoms with Gasteiger partial charge in [0.25, 0.3) is 0 Å². The van der Waals surface area contributed by atoms with Gasteiger partial charge in [-0.05, 0) is 35.4 Å². The van der Waals surface area contributed by atoms with Crippen LogP contribution in [-0.4, -0.2) is 34.4 Å². The van der Waals surface area contributed by atoms with Gasteiger partial charge in [-0.2, -0.15) is 13.2 Å². The smallest absolute Gasteiger partial charge is 0.393 e. The maximum atomic E-state index is 13.1. The van der Waals surface area contributed by atoms with Crippen molar-refractivity contribution in [1.29, 1.82) is 0 Å². The highest BCUT2D eigenvalue weighted by molar-refractivity contribution is 7.99. The van der Waals surface area contributed by atoms with Gasteiger partial charge in [0.1, 0.15) is 0 Å². The van der Waals surface area contributed by atoms with E-state index in [1.165, 1.54) is 0 Å². The number of aliphatic hydroxyl groups is 2. The number of hydrogen-bond acceptors (Lipinski definition) is 3. The van der Waals surface area contributed by atoms with Crippen LogP contribution in [0.1, 0.15) is 31.4 Å². The molecule has 1 aliphatic rings. The van der Waals surface area contributed by atoms with Crippen LogP contribution in [0.15, 0.2) is 17.0 Å². The minimum absolute atomic E-state index is 0.389. The van der Waals surface area contributed by atoms with Crippen molar-refractivity contribution in [2.75, 3.05) is 12.4 Å². The molecular formula is C15H18ClF3O2S. The summed E-state index contributed by atoms with van der Waals surface area (Å²) in [5.41, 5.74) is -2.50. The molecule has 1 aliphatic heterocycles. The van der Waals surface area contributed by atoms with Gasteiger partial charge in [-0.1, -0.05) is 31.5 Å². The Morgan fingerprint density at radius 1 is 1.27 bits per heavy atom. The summed E-state index contributed by atoms with van der Waals surface area (Å²) in [7, 11) is 0. The molecule has 0 amide bonds. The fourth-order valence-electron chi connectivity index (χ4n) is 2.92. The van der Waals surface area contributed by atoms with Gasteiger partial charge in [-0.25, -0.2) is 0 Å². The number of alkyl halides is 3. The summed E-state index contributed by atoms with van der Waals surface area (Å²) in [4.78, 5) is 0.903. The highest BCUT2D eigenvalue weighted by Crippen LogP contribution is 2.48. The molecule has 0 spiro atoms. The highest BCUT2D eigenvalue weighted by atomic mass is 35.5. The van der Waals surface area contributed by atoms with Crippen molar-refractivity contribution >= 4 is 23.4 Å². The first-order valence-electron chi connectivity index (χ1n) is 6.86. The molecule has 0 saturated heterocycles. The largest absolute Gasteiger partial charge is 0.419 e. The molecule has 22 heavy (non-hydrogen) atoms. The van der Waals surface area contributed by atoms with Crippen molar-refractivity contribution in [3.8, 4) is 0 Å². The van der Waals surface area contributed by atoms with Crippen LogP contribution in [0.25, 0.3) is 0 Å². The van der Waals surface area contributed by atoms with Crippen LogP contribution < -0.4 is 0 Å². The molecule has 1 heterocycles. The van der Waals surface area contributed by atoms with Crippen molar-refractivity contribution in [3.63, 3.8) is 0 Å². The molecule has 2 rings (SSSR count). The summed E-state index contributed by atoms with van der Waals surface area (Å²) in [6.45, 7) is 1.85. The summed E-state index contributed by atoms with van der Waals surface area (Å²) >= 11 is 7.81. The van der Waals surface area contributed by atoms with Crippen LogP contribution in [0.4, 0.5) is 13.2 Å². The second-order valence-electron chi connectivity index (χ2n) is 6.26. The van der Waals surface area contributed by atoms with Gasteiger partial charge in [0.2, 0.25) is 0 Å². The number of aryl methyl sites for hydroxylation is 1. The zero-order valence-corrected chi connectivity index (χ0v) is 13.9. The van der Waals surface area contributed by atoms with Crippen LogP contribution in [-0.2, 0) is 11.8 Å². The van der Waals surface area contributed by atoms with Crippen LogP contribution >= 0.6 is 23.4 Å². The normalized spacial score (nSPS) is 18.2. The Bertz CT molecular complexity index is 575. The average molecular weight is 355 g/mol. The Morgan fingerprint density at radius 3 is 2.45 bits per heavy atom. The van der Waals surface area contributed by atoms with Gasteiger partial charge < -0.3 is 10.2 Å². The Labute approximate surface area is 136 Å². The highest BCUT2D eigenvalue weighted by Gasteiger charge is 2.56. The molecule has 1 aromatic carbocycles. The van der Waals surface area contributed by atoms with Gasteiger partial charge in [0.05, 0.1) is 6.61 Å². The first kappa shape index (κ1) is 17.9. The first-order valence-corrected chi connectivity index (χ1v) is 8.23. The standard InChI is InChI=1S/C15H18ClF3O2S/c1-13(2,7-14(21,8-20)15(17,18)19)11-10(16)4-3-9-5-6-22-12(9)11/h3-4,20-21H,5-8H2,1-2H3/t14-/m0/s1. The van der Waals surface area contributed by atoms with E-state index in [0.717, 1.165) is 22.6 Å². The summed E-state index contributed by atoms with van der Waals surface area (Å²) in [6.07, 6.45) is -4.71. The Hall–Kier alpha value is -0.430. The van der Waals surface area contributed by atoms with E-state index in [-0.39, 0.29) is 0 Å². The van der Waals surface area contributed by atoms with E-state index in [9.17, 15) is 18.3 Å². The number of halogens is 4. The lowest BCUT2D eigenvalue weighted by Gasteiger charge is -2.37. The average Bonchev–Trinajstić information content (AvgIpc) is 2.84. The van der Waals surface area contributed by atoms with Gasteiger partial charge in [-0.15, -0.1) is 11.8 Å². The van der Waals surface area contributed by atoms with Gasteiger partial charge in [0.15, 0.2) is 5.60 Å². The van der Waals surface area contributed by atoms with Crippen molar-refractivity contribution < 1.29 is 23.4 Å². The van der Waals surface area contributed by atoms with Crippen molar-refractivity contribution in [2.45, 2.75) is 48.8 Å². The number of benzene rings is 1. The summed E-state index contributed by atoms with van der Waals surface area (Å²) in [5, 5.41) is 19.3. The predicted octanol–water partition coefficient (Wildman–Crippen LogP) is 3.94. The molecule has 0 radical (unpaired) electrons. The van der Waals surface area contributed by atoms with E-state index in [2.05, 4.69) is 0 Å². The molecule has 124 valence electrons. The first-order chi connectivity index (χ1) is 10.0. The van der Waals surface area contributed by atoms with E-state index < -0.39 is 30.2 Å². The maximum Gasteiger partial charge on any atom is 0.419 e. The number of aliphatic hydroxyl groups excluding tert-OH is 1. The molecule has 2 nitrogen and oxygen atoms in total. The lowest BCUT2D eigenvalue weighted by Crippen LogP contribution is -2.52.